The summed E-state index contributed by atoms with van der Waals surface area (Å²) in [6.07, 6.45) is 2.24. The van der Waals surface area contributed by atoms with Gasteiger partial charge >= 0.3 is 11.9 Å². The number of aromatic amines is 1. The summed E-state index contributed by atoms with van der Waals surface area (Å²) in [5, 5.41) is 34.9. The molecule has 200 valence electrons. The van der Waals surface area contributed by atoms with E-state index in [1.165, 1.54) is 43.7 Å². The molecule has 9 N–H and O–H groups in total. The van der Waals surface area contributed by atoms with Crippen LogP contribution in [0.1, 0.15) is 31.0 Å². The molecule has 0 bridgehead atoms. The number of H-pyrrole nitrogens is 1. The summed E-state index contributed by atoms with van der Waals surface area (Å²) >= 11 is 0. The zero-order valence-electron chi connectivity index (χ0n) is 20.0. The summed E-state index contributed by atoms with van der Waals surface area (Å²) in [4.78, 5) is 67.1. The molecule has 0 spiro atoms. The van der Waals surface area contributed by atoms with E-state index in [9.17, 15) is 34.2 Å². The zero-order chi connectivity index (χ0) is 27.5. The minimum Gasteiger partial charge on any atom is -0.508 e. The van der Waals surface area contributed by atoms with Gasteiger partial charge in [-0.1, -0.05) is 12.1 Å². The van der Waals surface area contributed by atoms with Gasteiger partial charge in [0, 0.05) is 31.2 Å². The van der Waals surface area contributed by atoms with Crippen LogP contribution < -0.4 is 21.7 Å². The lowest BCUT2D eigenvalue weighted by Crippen LogP contribution is -2.57. The number of rotatable bonds is 14. The number of imidazole rings is 1. The number of phenolic OH excluding ortho intramolecular Hbond substituents is 1. The van der Waals surface area contributed by atoms with Crippen LogP contribution in [0, 0.1) is 0 Å². The van der Waals surface area contributed by atoms with Crippen molar-refractivity contribution in [3.63, 3.8) is 0 Å². The van der Waals surface area contributed by atoms with Crippen LogP contribution in [0.5, 0.6) is 5.75 Å². The van der Waals surface area contributed by atoms with Gasteiger partial charge in [0.25, 0.3) is 0 Å². The van der Waals surface area contributed by atoms with Crippen molar-refractivity contribution in [2.75, 3.05) is 0 Å². The number of hydrogen-bond acceptors (Lipinski definition) is 8. The minimum atomic E-state index is -1.30. The Morgan fingerprint density at radius 3 is 2.16 bits per heavy atom. The van der Waals surface area contributed by atoms with E-state index < -0.39 is 53.8 Å². The smallest absolute Gasteiger partial charge is 0.326 e. The zero-order valence-corrected chi connectivity index (χ0v) is 20.0. The first-order chi connectivity index (χ1) is 17.5. The summed E-state index contributed by atoms with van der Waals surface area (Å²) in [5.41, 5.74) is 6.79. The van der Waals surface area contributed by atoms with E-state index in [2.05, 4.69) is 25.9 Å². The number of nitrogens with one attached hydrogen (secondary N) is 4. The van der Waals surface area contributed by atoms with Crippen LogP contribution in [-0.4, -0.2) is 79.1 Å². The number of phenols is 1. The Morgan fingerprint density at radius 1 is 0.946 bits per heavy atom. The molecule has 0 saturated carbocycles. The fourth-order valence-electron chi connectivity index (χ4n) is 3.26. The Bertz CT molecular complexity index is 1090. The highest BCUT2D eigenvalue weighted by Crippen LogP contribution is 2.11. The predicted octanol–water partition coefficient (Wildman–Crippen LogP) is -1.35. The molecule has 14 nitrogen and oxygen atoms in total. The number of aromatic nitrogens is 2. The van der Waals surface area contributed by atoms with Crippen LogP contribution in [0.25, 0.3) is 0 Å². The highest BCUT2D eigenvalue weighted by atomic mass is 16.4. The average Bonchev–Trinajstić information content (AvgIpc) is 3.35. The lowest BCUT2D eigenvalue weighted by Gasteiger charge is -2.23. The van der Waals surface area contributed by atoms with Gasteiger partial charge in [0.15, 0.2) is 0 Å². The van der Waals surface area contributed by atoms with E-state index in [4.69, 9.17) is 10.8 Å². The van der Waals surface area contributed by atoms with Crippen molar-refractivity contribution in [2.45, 2.75) is 56.8 Å². The number of aromatic hydroxyl groups is 1. The molecule has 4 unspecified atom stereocenters. The number of carbonyl (C=O) groups is 5. The summed E-state index contributed by atoms with van der Waals surface area (Å²) in [5.74, 6) is -4.68. The van der Waals surface area contributed by atoms with Crippen LogP contribution in [0.2, 0.25) is 0 Å². The first-order valence-corrected chi connectivity index (χ1v) is 11.3. The number of amides is 3. The highest BCUT2D eigenvalue weighted by Gasteiger charge is 2.29. The van der Waals surface area contributed by atoms with Crippen molar-refractivity contribution in [3.05, 3.63) is 48.0 Å². The molecule has 0 fully saturated rings. The summed E-state index contributed by atoms with van der Waals surface area (Å²) in [6.45, 7) is 1.35. The lowest BCUT2D eigenvalue weighted by atomic mass is 10.1. The molecule has 3 amide bonds. The number of nitrogens with zero attached hydrogens (tertiary/aromatic N) is 1. The standard InChI is InChI=1S/C23H30N6O8/c1-12(20(33)29-18(23(36)37)8-13-2-4-15(30)5-3-13)27-22(35)17(9-14-10-25-11-26-14)28-21(34)16(24)6-7-19(31)32/h2-5,10-12,16-18,30H,6-9,24H2,1H3,(H,25,26)(H,27,35)(H,28,34)(H,29,33)(H,31,32)(H,36,37). The Labute approximate surface area is 211 Å². The quantitative estimate of drug-likeness (QED) is 0.146. The van der Waals surface area contributed by atoms with Gasteiger partial charge in [0.1, 0.15) is 23.9 Å². The molecule has 2 aromatic rings. The molecule has 0 aliphatic rings. The third-order valence-electron chi connectivity index (χ3n) is 5.36. The number of carboxylic acids is 2. The van der Waals surface area contributed by atoms with Crippen molar-refractivity contribution in [1.29, 1.82) is 0 Å². The third kappa shape index (κ3) is 9.60. The predicted molar refractivity (Wildman–Crippen MR) is 128 cm³/mol. The molecule has 14 heteroatoms. The molecule has 2 rings (SSSR count). The van der Waals surface area contributed by atoms with Gasteiger partial charge in [-0.2, -0.15) is 0 Å². The molecule has 4 atom stereocenters. The van der Waals surface area contributed by atoms with Crippen molar-refractivity contribution in [1.82, 2.24) is 25.9 Å². The van der Waals surface area contributed by atoms with Gasteiger partial charge in [-0.05, 0) is 31.0 Å². The van der Waals surface area contributed by atoms with Gasteiger partial charge in [0.2, 0.25) is 17.7 Å². The maximum Gasteiger partial charge on any atom is 0.326 e. The van der Waals surface area contributed by atoms with Crippen LogP contribution in [0.3, 0.4) is 0 Å². The summed E-state index contributed by atoms with van der Waals surface area (Å²) in [6, 6.07) is 0.983. The maximum atomic E-state index is 12.9. The Morgan fingerprint density at radius 2 is 1.59 bits per heavy atom. The first-order valence-electron chi connectivity index (χ1n) is 11.3. The second-order valence-corrected chi connectivity index (χ2v) is 8.38. The number of nitrogens with two attached hydrogens (primary N) is 1. The van der Waals surface area contributed by atoms with E-state index in [1.54, 1.807) is 0 Å². The molecular weight excluding hydrogens is 488 g/mol. The van der Waals surface area contributed by atoms with Gasteiger partial charge in [-0.3, -0.25) is 19.2 Å². The Kier molecular flexibility index (Phi) is 10.6. The number of carboxylic acid groups (broad SMARTS) is 2. The van der Waals surface area contributed by atoms with Gasteiger partial charge in [-0.25, -0.2) is 9.78 Å². The normalized spacial score (nSPS) is 14.0. The summed E-state index contributed by atoms with van der Waals surface area (Å²) < 4.78 is 0. The number of benzene rings is 1. The molecule has 0 aliphatic carbocycles. The van der Waals surface area contributed by atoms with Gasteiger partial charge < -0.3 is 42.0 Å². The van der Waals surface area contributed by atoms with Gasteiger partial charge in [0.05, 0.1) is 12.4 Å². The van der Waals surface area contributed by atoms with Crippen LogP contribution in [0.4, 0.5) is 0 Å². The maximum absolute atomic E-state index is 12.9. The Balaban J connectivity index is 2.03. The molecule has 0 radical (unpaired) electrons. The second kappa shape index (κ2) is 13.6. The number of carbonyl (C=O) groups excluding carboxylic acids is 3. The molecule has 1 heterocycles. The second-order valence-electron chi connectivity index (χ2n) is 8.38. The molecule has 1 aromatic heterocycles. The average molecular weight is 519 g/mol. The first kappa shape index (κ1) is 28.8. The van der Waals surface area contributed by atoms with E-state index in [1.807, 2.05) is 0 Å². The Hall–Kier alpha value is -4.46. The SMILES string of the molecule is CC(NC(=O)C(Cc1cnc[nH]1)NC(=O)C(N)CCC(=O)O)C(=O)NC(Cc1ccc(O)cc1)C(=O)O. The number of hydrogen-bond donors (Lipinski definition) is 8. The van der Waals surface area contributed by atoms with E-state index in [-0.39, 0.29) is 31.4 Å². The van der Waals surface area contributed by atoms with Crippen molar-refractivity contribution in [2.24, 2.45) is 5.73 Å². The van der Waals surface area contributed by atoms with E-state index in [0.29, 0.717) is 11.3 Å². The van der Waals surface area contributed by atoms with E-state index in [0.717, 1.165) is 0 Å². The monoisotopic (exact) mass is 518 g/mol. The van der Waals surface area contributed by atoms with Gasteiger partial charge in [-0.15, -0.1) is 0 Å². The molecule has 37 heavy (non-hydrogen) atoms. The lowest BCUT2D eigenvalue weighted by molar-refractivity contribution is -0.142. The largest absolute Gasteiger partial charge is 0.508 e. The summed E-state index contributed by atoms with van der Waals surface area (Å²) in [7, 11) is 0. The van der Waals surface area contributed by atoms with E-state index >= 15 is 0 Å². The number of aliphatic carboxylic acids is 2. The highest BCUT2D eigenvalue weighted by molar-refractivity contribution is 5.94. The van der Waals surface area contributed by atoms with Crippen LogP contribution in [0.15, 0.2) is 36.8 Å². The van der Waals surface area contributed by atoms with Crippen molar-refractivity contribution in [3.8, 4) is 5.75 Å². The third-order valence-corrected chi connectivity index (χ3v) is 5.36. The molecule has 1 aromatic carbocycles. The molecular formula is C23H30N6O8. The van der Waals surface area contributed by atoms with Crippen molar-refractivity contribution >= 4 is 29.7 Å². The molecule has 0 aliphatic heterocycles. The molecule has 0 saturated heterocycles. The minimum absolute atomic E-state index is 0.00983. The fourth-order valence-corrected chi connectivity index (χ4v) is 3.26. The van der Waals surface area contributed by atoms with Crippen LogP contribution in [-0.2, 0) is 36.8 Å². The topological polar surface area (TPSA) is 237 Å². The van der Waals surface area contributed by atoms with Crippen LogP contribution >= 0.6 is 0 Å². The van der Waals surface area contributed by atoms with Crippen molar-refractivity contribution < 1.29 is 39.3 Å². The fraction of sp³-hybridized carbons (Fsp3) is 0.391.